The van der Waals surface area contributed by atoms with Crippen LogP contribution in [0.5, 0.6) is 5.75 Å². The standard InChI is InChI=1S/C31H34N2O5S2/c1-40(36,37)33-29-19-25(14-17-31(29)38-22-24-8-4-2-5-9-24)30(35)20-32-26(21-34)18-23-12-15-28(16-13-23)39-27-10-6-3-7-11-27/h2-17,19,26,30,32-35H,18,20-22H2,1H3/t26?,30-/m0/s1. The van der Waals surface area contributed by atoms with E-state index in [0.29, 0.717) is 17.7 Å². The first kappa shape index (κ1) is 29.6. The summed E-state index contributed by atoms with van der Waals surface area (Å²) >= 11 is 1.69. The lowest BCUT2D eigenvalue weighted by atomic mass is 10.0. The van der Waals surface area contributed by atoms with Crippen LogP contribution in [0, 0.1) is 0 Å². The van der Waals surface area contributed by atoms with Crippen molar-refractivity contribution in [3.63, 3.8) is 0 Å². The predicted molar refractivity (Wildman–Crippen MR) is 160 cm³/mol. The summed E-state index contributed by atoms with van der Waals surface area (Å²) < 4.78 is 32.3. The van der Waals surface area contributed by atoms with Crippen molar-refractivity contribution in [2.24, 2.45) is 0 Å². The molecule has 4 aromatic rings. The van der Waals surface area contributed by atoms with E-state index < -0.39 is 16.1 Å². The van der Waals surface area contributed by atoms with Gasteiger partial charge in [-0.1, -0.05) is 78.5 Å². The number of aliphatic hydroxyl groups is 2. The number of ether oxygens (including phenoxy) is 1. The SMILES string of the molecule is CS(=O)(=O)Nc1cc([C@@H](O)CNC(CO)Cc2ccc(Sc3ccccc3)cc2)ccc1OCc1ccccc1. The minimum Gasteiger partial charge on any atom is -0.487 e. The van der Waals surface area contributed by atoms with Crippen LogP contribution in [0.3, 0.4) is 0 Å². The average molecular weight is 579 g/mol. The summed E-state index contributed by atoms with van der Waals surface area (Å²) in [6, 6.07) is 32.6. The van der Waals surface area contributed by atoms with Crippen LogP contribution in [-0.2, 0) is 23.1 Å². The third-order valence-corrected chi connectivity index (χ3v) is 7.73. The molecule has 4 rings (SSSR count). The fraction of sp³-hybridized carbons (Fsp3) is 0.226. The summed E-state index contributed by atoms with van der Waals surface area (Å²) in [7, 11) is -3.57. The molecule has 7 nitrogen and oxygen atoms in total. The highest BCUT2D eigenvalue weighted by Crippen LogP contribution is 2.30. The fourth-order valence-electron chi connectivity index (χ4n) is 4.10. The zero-order valence-electron chi connectivity index (χ0n) is 22.2. The Morgan fingerprint density at radius 1 is 0.850 bits per heavy atom. The second-order valence-corrected chi connectivity index (χ2v) is 12.4. The van der Waals surface area contributed by atoms with Crippen LogP contribution in [0.4, 0.5) is 5.69 Å². The zero-order valence-corrected chi connectivity index (χ0v) is 23.9. The Balaban J connectivity index is 1.36. The lowest BCUT2D eigenvalue weighted by Gasteiger charge is -2.21. The highest BCUT2D eigenvalue weighted by atomic mass is 32.2. The van der Waals surface area contributed by atoms with Gasteiger partial charge < -0.3 is 20.3 Å². The van der Waals surface area contributed by atoms with Crippen molar-refractivity contribution in [1.29, 1.82) is 0 Å². The smallest absolute Gasteiger partial charge is 0.229 e. The number of hydrogen-bond donors (Lipinski definition) is 4. The Morgan fingerprint density at radius 2 is 1.50 bits per heavy atom. The minimum atomic E-state index is -3.57. The molecule has 0 saturated carbocycles. The molecule has 0 aliphatic carbocycles. The summed E-state index contributed by atoms with van der Waals surface area (Å²) in [6.45, 7) is 0.350. The molecule has 0 spiro atoms. The first-order valence-electron chi connectivity index (χ1n) is 12.9. The summed E-state index contributed by atoms with van der Waals surface area (Å²) in [5, 5.41) is 24.0. The molecule has 0 fully saturated rings. The number of benzene rings is 4. The molecule has 2 atom stereocenters. The van der Waals surface area contributed by atoms with Crippen molar-refractivity contribution >= 4 is 27.5 Å². The van der Waals surface area contributed by atoms with Crippen LogP contribution < -0.4 is 14.8 Å². The molecule has 0 aliphatic rings. The molecule has 0 radical (unpaired) electrons. The lowest BCUT2D eigenvalue weighted by molar-refractivity contribution is 0.158. The van der Waals surface area contributed by atoms with E-state index in [1.54, 1.807) is 30.0 Å². The topological polar surface area (TPSA) is 108 Å². The maximum atomic E-state index is 12.0. The number of sulfonamides is 1. The van der Waals surface area contributed by atoms with Crippen LogP contribution in [0.15, 0.2) is 113 Å². The Hall–Kier alpha value is -3.34. The highest BCUT2D eigenvalue weighted by molar-refractivity contribution is 7.99. The van der Waals surface area contributed by atoms with E-state index in [-0.39, 0.29) is 31.5 Å². The molecule has 0 saturated heterocycles. The Labute approximate surface area is 240 Å². The van der Waals surface area contributed by atoms with Crippen molar-refractivity contribution in [2.45, 2.75) is 35.0 Å². The normalized spacial score (nSPS) is 13.0. The second-order valence-electron chi connectivity index (χ2n) is 9.47. The third kappa shape index (κ3) is 9.39. The summed E-state index contributed by atoms with van der Waals surface area (Å²) in [5.74, 6) is 0.361. The van der Waals surface area contributed by atoms with Gasteiger partial charge in [-0.05, 0) is 59.5 Å². The largest absolute Gasteiger partial charge is 0.487 e. The van der Waals surface area contributed by atoms with Crippen molar-refractivity contribution in [2.75, 3.05) is 24.1 Å². The molecule has 4 N–H and O–H groups in total. The van der Waals surface area contributed by atoms with Crippen LogP contribution in [0.25, 0.3) is 0 Å². The zero-order chi connectivity index (χ0) is 28.4. The Morgan fingerprint density at radius 3 is 2.15 bits per heavy atom. The Bertz CT molecular complexity index is 1450. The number of rotatable bonds is 14. The van der Waals surface area contributed by atoms with Crippen molar-refractivity contribution in [3.05, 3.63) is 120 Å². The van der Waals surface area contributed by atoms with E-state index in [0.717, 1.165) is 22.3 Å². The van der Waals surface area contributed by atoms with Gasteiger partial charge in [-0.25, -0.2) is 8.42 Å². The number of hydrogen-bond acceptors (Lipinski definition) is 7. The van der Waals surface area contributed by atoms with E-state index in [9.17, 15) is 18.6 Å². The van der Waals surface area contributed by atoms with Gasteiger partial charge in [-0.15, -0.1) is 0 Å². The van der Waals surface area contributed by atoms with Crippen LogP contribution in [-0.4, -0.2) is 44.1 Å². The van der Waals surface area contributed by atoms with E-state index in [1.165, 1.54) is 4.90 Å². The van der Waals surface area contributed by atoms with Crippen molar-refractivity contribution in [3.8, 4) is 5.75 Å². The van der Waals surface area contributed by atoms with Crippen LogP contribution in [0.1, 0.15) is 22.8 Å². The molecular weight excluding hydrogens is 544 g/mol. The van der Waals surface area contributed by atoms with Gasteiger partial charge in [0.1, 0.15) is 12.4 Å². The molecule has 9 heteroatoms. The first-order chi connectivity index (χ1) is 19.3. The van der Waals surface area contributed by atoms with Gasteiger partial charge >= 0.3 is 0 Å². The molecular formula is C31H34N2O5S2. The van der Waals surface area contributed by atoms with E-state index in [1.807, 2.05) is 60.7 Å². The molecule has 0 bridgehead atoms. The number of nitrogens with one attached hydrogen (secondary N) is 2. The third-order valence-electron chi connectivity index (χ3n) is 6.13. The molecule has 1 unspecified atom stereocenters. The number of aliphatic hydroxyl groups excluding tert-OH is 2. The molecule has 0 amide bonds. The van der Waals surface area contributed by atoms with E-state index in [2.05, 4.69) is 34.3 Å². The molecule has 210 valence electrons. The van der Waals surface area contributed by atoms with Gasteiger partial charge in [-0.2, -0.15) is 0 Å². The summed E-state index contributed by atoms with van der Waals surface area (Å²) in [4.78, 5) is 2.30. The van der Waals surface area contributed by atoms with Crippen molar-refractivity contribution < 1.29 is 23.4 Å². The average Bonchev–Trinajstić information content (AvgIpc) is 2.95. The molecule has 0 aromatic heterocycles. The Kier molecular flexibility index (Phi) is 10.6. The van der Waals surface area contributed by atoms with Crippen molar-refractivity contribution in [1.82, 2.24) is 5.32 Å². The van der Waals surface area contributed by atoms with Gasteiger partial charge in [0.25, 0.3) is 0 Å². The monoisotopic (exact) mass is 578 g/mol. The maximum absolute atomic E-state index is 12.0. The first-order valence-corrected chi connectivity index (χ1v) is 15.6. The van der Waals surface area contributed by atoms with Crippen LogP contribution >= 0.6 is 11.8 Å². The lowest BCUT2D eigenvalue weighted by Crippen LogP contribution is -2.37. The minimum absolute atomic E-state index is 0.0968. The molecule has 0 aliphatic heterocycles. The fourth-order valence-corrected chi connectivity index (χ4v) is 5.49. The highest BCUT2D eigenvalue weighted by Gasteiger charge is 2.16. The van der Waals surface area contributed by atoms with Gasteiger partial charge in [-0.3, -0.25) is 4.72 Å². The quantitative estimate of drug-likeness (QED) is 0.167. The maximum Gasteiger partial charge on any atom is 0.229 e. The van der Waals surface area contributed by atoms with Gasteiger partial charge in [0.2, 0.25) is 10.0 Å². The van der Waals surface area contributed by atoms with Gasteiger partial charge in [0, 0.05) is 22.4 Å². The summed E-state index contributed by atoms with van der Waals surface area (Å²) in [5.41, 5.74) is 2.78. The summed E-state index contributed by atoms with van der Waals surface area (Å²) in [6.07, 6.45) is 0.728. The number of anilines is 1. The van der Waals surface area contributed by atoms with E-state index in [4.69, 9.17) is 4.74 Å². The van der Waals surface area contributed by atoms with Crippen LogP contribution in [0.2, 0.25) is 0 Å². The molecule has 0 heterocycles. The van der Waals surface area contributed by atoms with E-state index >= 15 is 0 Å². The predicted octanol–water partition coefficient (Wildman–Crippen LogP) is 5.01. The molecule has 4 aromatic carbocycles. The van der Waals surface area contributed by atoms with Gasteiger partial charge in [0.05, 0.1) is 24.7 Å². The van der Waals surface area contributed by atoms with Gasteiger partial charge in [0.15, 0.2) is 0 Å². The second kappa shape index (κ2) is 14.3. The molecule has 40 heavy (non-hydrogen) atoms.